The Labute approximate surface area is 200 Å². The molecule has 2 atom stereocenters. The summed E-state index contributed by atoms with van der Waals surface area (Å²) in [4.78, 5) is 6.93. The molecule has 5 rings (SSSR count). The number of rotatable bonds is 4. The highest BCUT2D eigenvalue weighted by atomic mass is 32.1. The second kappa shape index (κ2) is 8.49. The van der Waals surface area contributed by atoms with Crippen molar-refractivity contribution in [3.05, 3.63) is 113 Å². The van der Waals surface area contributed by atoms with Gasteiger partial charge in [-0.25, -0.2) is 0 Å². The van der Waals surface area contributed by atoms with E-state index in [0.717, 1.165) is 16.5 Å². The van der Waals surface area contributed by atoms with Gasteiger partial charge in [-0.15, -0.1) is 0 Å². The van der Waals surface area contributed by atoms with E-state index < -0.39 is 0 Å². The topological polar surface area (TPSA) is 33.1 Å². The molecule has 2 aromatic carbocycles. The first-order valence-corrected chi connectivity index (χ1v) is 11.7. The third kappa shape index (κ3) is 3.83. The van der Waals surface area contributed by atoms with E-state index in [1.165, 1.54) is 33.8 Å². The number of aromatic nitrogens is 2. The number of benzene rings is 2. The van der Waals surface area contributed by atoms with E-state index >= 15 is 0 Å². The van der Waals surface area contributed by atoms with E-state index in [9.17, 15) is 0 Å². The Morgan fingerprint density at radius 2 is 1.45 bits per heavy atom. The van der Waals surface area contributed by atoms with E-state index in [1.54, 1.807) is 0 Å². The monoisotopic (exact) mass is 452 g/mol. The molecule has 2 aromatic heterocycles. The maximum atomic E-state index is 5.88. The number of thiocarbonyl (C=S) groups is 1. The fourth-order valence-corrected chi connectivity index (χ4v) is 5.18. The fourth-order valence-electron chi connectivity index (χ4n) is 4.83. The molecule has 0 spiro atoms. The third-order valence-electron chi connectivity index (χ3n) is 6.49. The van der Waals surface area contributed by atoms with E-state index in [1.807, 2.05) is 18.3 Å². The van der Waals surface area contributed by atoms with Crippen molar-refractivity contribution in [1.29, 1.82) is 0 Å². The highest BCUT2D eigenvalue weighted by Crippen LogP contribution is 2.43. The van der Waals surface area contributed by atoms with E-state index in [-0.39, 0.29) is 12.1 Å². The maximum Gasteiger partial charge on any atom is 0.174 e. The van der Waals surface area contributed by atoms with Crippen LogP contribution in [-0.2, 0) is 0 Å². The van der Waals surface area contributed by atoms with Gasteiger partial charge in [-0.05, 0) is 87.9 Å². The minimum Gasteiger partial charge on any atom is -0.351 e. The largest absolute Gasteiger partial charge is 0.351 e. The summed E-state index contributed by atoms with van der Waals surface area (Å²) in [5.41, 5.74) is 9.39. The Bertz CT molecular complexity index is 1290. The fraction of sp³-hybridized carbons (Fsp3) is 0.214. The molecule has 166 valence electrons. The number of nitrogens with one attached hydrogen (secondary N) is 1. The lowest BCUT2D eigenvalue weighted by Crippen LogP contribution is -2.29. The predicted octanol–water partition coefficient (Wildman–Crippen LogP) is 6.28. The third-order valence-corrected chi connectivity index (χ3v) is 6.81. The van der Waals surface area contributed by atoms with Gasteiger partial charge in [0, 0.05) is 29.0 Å². The zero-order valence-corrected chi connectivity index (χ0v) is 20.2. The van der Waals surface area contributed by atoms with Crippen LogP contribution in [0.1, 0.15) is 45.9 Å². The highest BCUT2D eigenvalue weighted by molar-refractivity contribution is 7.80. The Morgan fingerprint density at radius 3 is 2.06 bits per heavy atom. The summed E-state index contributed by atoms with van der Waals surface area (Å²) >= 11 is 5.88. The van der Waals surface area contributed by atoms with E-state index in [4.69, 9.17) is 12.2 Å². The van der Waals surface area contributed by atoms with Crippen molar-refractivity contribution in [3.8, 4) is 5.69 Å². The average molecular weight is 453 g/mol. The van der Waals surface area contributed by atoms with Crippen LogP contribution in [0.25, 0.3) is 5.69 Å². The quantitative estimate of drug-likeness (QED) is 0.369. The first-order chi connectivity index (χ1) is 15.9. The number of anilines is 1. The summed E-state index contributed by atoms with van der Waals surface area (Å²) in [5, 5.41) is 4.29. The van der Waals surface area contributed by atoms with Crippen molar-refractivity contribution >= 4 is 23.0 Å². The molecule has 4 nitrogen and oxygen atoms in total. The van der Waals surface area contributed by atoms with Crippen LogP contribution in [0.15, 0.2) is 79.0 Å². The summed E-state index contributed by atoms with van der Waals surface area (Å²) in [6, 6.07) is 25.6. The van der Waals surface area contributed by atoms with Crippen LogP contribution < -0.4 is 10.2 Å². The van der Waals surface area contributed by atoms with Crippen molar-refractivity contribution in [2.24, 2.45) is 0 Å². The van der Waals surface area contributed by atoms with E-state index in [2.05, 4.69) is 108 Å². The van der Waals surface area contributed by atoms with Crippen molar-refractivity contribution < 1.29 is 0 Å². The van der Waals surface area contributed by atoms with Crippen LogP contribution in [0, 0.1) is 27.7 Å². The van der Waals surface area contributed by atoms with Crippen LogP contribution in [0.5, 0.6) is 0 Å². The zero-order valence-electron chi connectivity index (χ0n) is 19.4. The molecule has 4 aromatic rings. The summed E-state index contributed by atoms with van der Waals surface area (Å²) < 4.78 is 2.33. The minimum absolute atomic E-state index is 0.0134. The summed E-state index contributed by atoms with van der Waals surface area (Å²) in [7, 11) is 0. The zero-order chi connectivity index (χ0) is 23.1. The summed E-state index contributed by atoms with van der Waals surface area (Å²) in [6.45, 7) is 8.59. The van der Waals surface area contributed by atoms with Gasteiger partial charge >= 0.3 is 0 Å². The molecule has 1 aliphatic rings. The Morgan fingerprint density at radius 1 is 0.818 bits per heavy atom. The van der Waals surface area contributed by atoms with Crippen molar-refractivity contribution in [1.82, 2.24) is 14.9 Å². The highest BCUT2D eigenvalue weighted by Gasteiger charge is 2.42. The molecule has 0 unspecified atom stereocenters. The second-order valence-corrected chi connectivity index (χ2v) is 9.22. The van der Waals surface area contributed by atoms with Crippen LogP contribution in [0.3, 0.4) is 0 Å². The van der Waals surface area contributed by atoms with Gasteiger partial charge in [0.15, 0.2) is 5.11 Å². The second-order valence-electron chi connectivity index (χ2n) is 8.83. The minimum atomic E-state index is -0.0491. The van der Waals surface area contributed by atoms with Crippen LogP contribution in [0.4, 0.5) is 5.69 Å². The van der Waals surface area contributed by atoms with Crippen LogP contribution in [0.2, 0.25) is 0 Å². The van der Waals surface area contributed by atoms with E-state index in [0.29, 0.717) is 0 Å². The van der Waals surface area contributed by atoms with Crippen molar-refractivity contribution in [2.75, 3.05) is 4.90 Å². The average Bonchev–Trinajstić information content (AvgIpc) is 3.31. The Kier molecular flexibility index (Phi) is 5.51. The normalized spacial score (nSPS) is 17.9. The molecule has 0 aliphatic carbocycles. The van der Waals surface area contributed by atoms with Gasteiger partial charge < -0.3 is 14.8 Å². The van der Waals surface area contributed by atoms with Gasteiger partial charge in [0.2, 0.25) is 0 Å². The SMILES string of the molecule is Cc1ccc(N2C(=S)N[C@H](c3ccccn3)[C@H]2c2cc(C)n(-c3ccc(C)cc3)c2C)cc1. The van der Waals surface area contributed by atoms with Crippen LogP contribution in [-0.4, -0.2) is 14.7 Å². The Balaban J connectivity index is 1.67. The maximum absolute atomic E-state index is 5.88. The first-order valence-electron chi connectivity index (χ1n) is 11.3. The van der Waals surface area contributed by atoms with Gasteiger partial charge in [-0.1, -0.05) is 41.5 Å². The lowest BCUT2D eigenvalue weighted by molar-refractivity contribution is 0.565. The summed E-state index contributed by atoms with van der Waals surface area (Å²) in [5.74, 6) is 0. The van der Waals surface area contributed by atoms with Crippen molar-refractivity contribution in [3.63, 3.8) is 0 Å². The van der Waals surface area contributed by atoms with Gasteiger partial charge in [-0.3, -0.25) is 4.98 Å². The molecule has 1 aliphatic heterocycles. The molecule has 3 heterocycles. The molecular weight excluding hydrogens is 424 g/mol. The molecule has 0 bridgehead atoms. The number of nitrogens with zero attached hydrogens (tertiary/aromatic N) is 3. The predicted molar refractivity (Wildman–Crippen MR) is 139 cm³/mol. The molecule has 1 N–H and O–H groups in total. The molecule has 1 saturated heterocycles. The van der Waals surface area contributed by atoms with Gasteiger partial charge in [-0.2, -0.15) is 0 Å². The number of hydrogen-bond acceptors (Lipinski definition) is 2. The number of aryl methyl sites for hydroxylation is 3. The lowest BCUT2D eigenvalue weighted by atomic mass is 9.96. The van der Waals surface area contributed by atoms with Crippen molar-refractivity contribution in [2.45, 2.75) is 39.8 Å². The van der Waals surface area contributed by atoms with Gasteiger partial charge in [0.25, 0.3) is 0 Å². The molecule has 0 saturated carbocycles. The molecule has 5 heteroatoms. The number of pyridine rings is 1. The van der Waals surface area contributed by atoms with Gasteiger partial charge in [0.1, 0.15) is 0 Å². The molecule has 1 fully saturated rings. The lowest BCUT2D eigenvalue weighted by Gasteiger charge is -2.28. The molecule has 0 amide bonds. The van der Waals surface area contributed by atoms with Crippen LogP contribution >= 0.6 is 12.2 Å². The molecule has 33 heavy (non-hydrogen) atoms. The summed E-state index contributed by atoms with van der Waals surface area (Å²) in [6.07, 6.45) is 1.85. The number of hydrogen-bond donors (Lipinski definition) is 1. The molecule has 0 radical (unpaired) electrons. The standard InChI is InChI=1S/C28H28N4S/c1-18-8-12-22(13-9-18)31-20(3)17-24(21(31)4)27-26(25-7-5-6-16-29-25)30-28(33)32(27)23-14-10-19(2)11-15-23/h5-17,26-27H,1-4H3,(H,30,33)/t26-,27-/m1/s1. The first kappa shape index (κ1) is 21.4. The smallest absolute Gasteiger partial charge is 0.174 e. The molecular formula is C28H28N4S. The Hall–Kier alpha value is -3.44. The van der Waals surface area contributed by atoms with Gasteiger partial charge in [0.05, 0.1) is 17.8 Å².